The van der Waals surface area contributed by atoms with Crippen LogP contribution in [0.5, 0.6) is 0 Å². The number of hydrogen-bond acceptors (Lipinski definition) is 10. The van der Waals surface area contributed by atoms with E-state index in [2.05, 4.69) is 381 Å². The predicted octanol–water partition coefficient (Wildman–Crippen LogP) is 24.6. The van der Waals surface area contributed by atoms with E-state index in [0.717, 1.165) is 128 Å². The van der Waals surface area contributed by atoms with Crippen LogP contribution in [-0.4, -0.2) is 23.4 Å². The van der Waals surface area contributed by atoms with Gasteiger partial charge in [-0.1, -0.05) is 213 Å². The van der Waals surface area contributed by atoms with E-state index >= 15 is 0 Å². The Balaban J connectivity index is 0.926. The zero-order valence-electron chi connectivity index (χ0n) is 67.6. The molecule has 0 saturated heterocycles. The lowest BCUT2D eigenvalue weighted by atomic mass is 9.33. The molecule has 15 aromatic rings. The number of para-hydroxylation sites is 7. The Labute approximate surface area is 679 Å². The van der Waals surface area contributed by atoms with Gasteiger partial charge in [0.05, 0.1) is 34.1 Å². The first-order chi connectivity index (χ1) is 55.0. The van der Waals surface area contributed by atoms with Gasteiger partial charge < -0.3 is 9.80 Å². The predicted molar refractivity (Wildman–Crippen MR) is 489 cm³/mol. The molecule has 0 atom stereocenters. The number of aromatic nitrogens is 2. The number of pyridine rings is 2. The van der Waals surface area contributed by atoms with Crippen LogP contribution in [0.2, 0.25) is 0 Å². The highest BCUT2D eigenvalue weighted by molar-refractivity contribution is 7.35. The Bertz CT molecular complexity index is 6490. The molecule has 0 unspecified atom stereocenters. The lowest BCUT2D eigenvalue weighted by molar-refractivity contribution is 0.332. The molecule has 4 aliphatic heterocycles. The Morgan fingerprint density at radius 2 is 0.702 bits per heavy atom. The van der Waals surface area contributed by atoms with Gasteiger partial charge in [-0.3, -0.25) is 19.6 Å². The van der Waals surface area contributed by atoms with Crippen molar-refractivity contribution in [1.29, 1.82) is 0 Å². The summed E-state index contributed by atoms with van der Waals surface area (Å²) in [6.45, 7) is 32.7. The number of hydrogen-bond donors (Lipinski definition) is 0. The molecular formula is C102H92B2N8S2. The summed E-state index contributed by atoms with van der Waals surface area (Å²) in [6, 6.07) is 97.0. The van der Waals surface area contributed by atoms with E-state index < -0.39 is 0 Å². The second-order valence-corrected chi connectivity index (χ2v) is 37.8. The van der Waals surface area contributed by atoms with Gasteiger partial charge in [0, 0.05) is 87.4 Å². The molecule has 6 aliphatic rings. The maximum absolute atomic E-state index is 6.43. The van der Waals surface area contributed by atoms with Crippen LogP contribution in [0.4, 0.5) is 103 Å². The van der Waals surface area contributed by atoms with Crippen LogP contribution >= 0.6 is 22.7 Å². The Morgan fingerprint density at radius 3 is 1.18 bits per heavy atom. The average Bonchev–Trinajstić information content (AvgIpc) is 1.09. The summed E-state index contributed by atoms with van der Waals surface area (Å²) >= 11 is 3.96. The van der Waals surface area contributed by atoms with Crippen molar-refractivity contribution in [3.8, 4) is 0 Å². The number of rotatable bonds is 10. The van der Waals surface area contributed by atoms with Gasteiger partial charge in [-0.15, -0.1) is 22.7 Å². The van der Waals surface area contributed by atoms with Crippen LogP contribution in [0.25, 0.3) is 20.2 Å². The van der Waals surface area contributed by atoms with Crippen LogP contribution in [0.3, 0.4) is 0 Å². The molecule has 8 nitrogen and oxygen atoms in total. The van der Waals surface area contributed by atoms with E-state index in [4.69, 9.17) is 9.97 Å². The van der Waals surface area contributed by atoms with E-state index in [1.165, 1.54) is 107 Å². The molecule has 0 spiro atoms. The topological polar surface area (TPSA) is 45.2 Å². The van der Waals surface area contributed by atoms with Crippen LogP contribution < -0.4 is 60.8 Å². The molecule has 558 valence electrons. The van der Waals surface area contributed by atoms with Gasteiger partial charge in [0.1, 0.15) is 23.3 Å². The number of nitrogens with zero attached hydrogens (tertiary/aromatic N) is 8. The fraction of sp³-hybridized carbons (Fsp3) is 0.216. The van der Waals surface area contributed by atoms with Crippen LogP contribution in [0, 0.1) is 41.5 Å². The van der Waals surface area contributed by atoms with Crippen LogP contribution in [-0.2, 0) is 21.7 Å². The van der Waals surface area contributed by atoms with Gasteiger partial charge in [0.2, 0.25) is 0 Å². The van der Waals surface area contributed by atoms with Gasteiger partial charge in [-0.25, -0.2) is 9.97 Å². The summed E-state index contributed by atoms with van der Waals surface area (Å²) < 4.78 is 5.18. The van der Waals surface area contributed by atoms with Crippen LogP contribution in [0.15, 0.2) is 255 Å². The highest BCUT2D eigenvalue weighted by atomic mass is 32.1. The van der Waals surface area contributed by atoms with Crippen molar-refractivity contribution in [3.63, 3.8) is 0 Å². The van der Waals surface area contributed by atoms with Crippen molar-refractivity contribution in [2.24, 2.45) is 0 Å². The Hall–Kier alpha value is -11.4. The number of aryl methyl sites for hydroxylation is 6. The minimum Gasteiger partial charge on any atom is -0.310 e. The molecule has 0 radical (unpaired) electrons. The molecule has 0 fully saturated rings. The van der Waals surface area contributed by atoms with Crippen molar-refractivity contribution in [3.05, 3.63) is 310 Å². The highest BCUT2D eigenvalue weighted by Crippen LogP contribution is 2.58. The molecule has 0 saturated carbocycles. The van der Waals surface area contributed by atoms with Gasteiger partial charge in [0.25, 0.3) is 13.4 Å². The largest absolute Gasteiger partial charge is 0.310 e. The first-order valence-corrected chi connectivity index (χ1v) is 42.4. The van der Waals surface area contributed by atoms with Gasteiger partial charge in [0.15, 0.2) is 0 Å². The summed E-state index contributed by atoms with van der Waals surface area (Å²) in [5.41, 5.74) is 33.1. The molecule has 12 heteroatoms. The molecule has 114 heavy (non-hydrogen) atoms. The zero-order chi connectivity index (χ0) is 77.9. The minimum absolute atomic E-state index is 0.0118. The lowest BCUT2D eigenvalue weighted by Crippen LogP contribution is -2.64. The quantitative estimate of drug-likeness (QED) is 0.126. The van der Waals surface area contributed by atoms with Crippen molar-refractivity contribution in [2.75, 3.05) is 29.4 Å². The SMILES string of the molecule is Cc1ccccc1N(c1cc2c3c(n1)N(c1ccccc1)c1cc4c(cc1B3c1sc3ccccc3c1N2c1ccc2c(c1)C(C)(C)CCC2(C)C)B1c2sc3cc5c(cc3c2N(c2ccccc2)c2cc(N(c3ccccc3C)c3c(C)cccc3C)nc(c21)N4c1ccccc1)C(C)(C)CCC5(C)C)c1c(C)cccc1C. The maximum Gasteiger partial charge on any atom is 0.266 e. The number of benzene rings is 11. The van der Waals surface area contributed by atoms with E-state index in [0.29, 0.717) is 0 Å². The first-order valence-electron chi connectivity index (χ1n) is 40.8. The highest BCUT2D eigenvalue weighted by Gasteiger charge is 2.53. The van der Waals surface area contributed by atoms with E-state index in [1.54, 1.807) is 0 Å². The van der Waals surface area contributed by atoms with E-state index in [9.17, 15) is 0 Å². The second-order valence-electron chi connectivity index (χ2n) is 35.7. The van der Waals surface area contributed by atoms with Crippen molar-refractivity contribution >= 4 is 191 Å². The summed E-state index contributed by atoms with van der Waals surface area (Å²) in [5.74, 6) is 3.47. The summed E-state index contributed by atoms with van der Waals surface area (Å²) in [5, 5.41) is 2.53. The molecule has 0 bridgehead atoms. The fourth-order valence-corrected chi connectivity index (χ4v) is 23.2. The van der Waals surface area contributed by atoms with Gasteiger partial charge in [-0.2, -0.15) is 0 Å². The van der Waals surface area contributed by atoms with Crippen molar-refractivity contribution in [1.82, 2.24) is 9.97 Å². The minimum atomic E-state index is -0.286. The normalized spacial score (nSPS) is 16.0. The Morgan fingerprint density at radius 1 is 0.316 bits per heavy atom. The van der Waals surface area contributed by atoms with Crippen molar-refractivity contribution < 1.29 is 0 Å². The molecule has 0 N–H and O–H groups in total. The number of fused-ring (bicyclic) bond motifs is 14. The number of thiophene rings is 2. The van der Waals surface area contributed by atoms with Gasteiger partial charge >= 0.3 is 0 Å². The smallest absolute Gasteiger partial charge is 0.266 e. The molecular weight excluding hydrogens is 1420 g/mol. The fourth-order valence-electron chi connectivity index (χ4n) is 20.5. The lowest BCUT2D eigenvalue weighted by Gasteiger charge is -2.46. The third-order valence-corrected chi connectivity index (χ3v) is 29.1. The monoisotopic (exact) mass is 1510 g/mol. The maximum atomic E-state index is 6.43. The summed E-state index contributed by atoms with van der Waals surface area (Å²) in [7, 11) is 0. The second kappa shape index (κ2) is 25.5. The number of anilines is 18. The van der Waals surface area contributed by atoms with Gasteiger partial charge in [-0.05, 0) is 251 Å². The Kier molecular flexibility index (Phi) is 15.8. The standard InChI is InChI=1S/C102H92B2N8S2/c1-61-32-24-27-45-79(61)111(91-63(3)34-30-35-64(91)4)87-59-83-89-97(105-87)109(68-40-20-16-21-41-68)82-58-81-77(57-78(82)104(89)96-94(107(83)67-38-18-15-19-39-67)72-55-75-76(56-86(72)114-96)102(13,14)53-52-101(75,11)12)103-90-84(108(93-71-44-26-29-47-85(71)113-95(93)103)70-48-49-73-74(54-70)100(9,10)51-50-99(73,7)8)60-88(106-98(90)110(81)69-42-22-17-23-43-69)112(80-46-28-25-33-62(80)2)92-65(5)36-31-37-66(92)6/h15-49,54-60H,50-53H2,1-14H3. The molecule has 8 heterocycles. The third-order valence-electron chi connectivity index (χ3n) is 26.6. The molecule has 0 amide bonds. The molecule has 2 aliphatic carbocycles. The summed E-state index contributed by atoms with van der Waals surface area (Å²) in [4.78, 5) is 28.2. The molecule has 11 aromatic carbocycles. The van der Waals surface area contributed by atoms with E-state index in [-0.39, 0.29) is 35.1 Å². The first kappa shape index (κ1) is 70.4. The molecule has 21 rings (SSSR count). The van der Waals surface area contributed by atoms with E-state index in [1.807, 2.05) is 22.7 Å². The van der Waals surface area contributed by atoms with Crippen molar-refractivity contribution in [2.45, 2.75) is 144 Å². The molecule has 4 aromatic heterocycles. The zero-order valence-corrected chi connectivity index (χ0v) is 69.3. The average molecular weight is 1520 g/mol. The van der Waals surface area contributed by atoms with Crippen LogP contribution in [0.1, 0.15) is 137 Å². The third kappa shape index (κ3) is 10.5. The summed E-state index contributed by atoms with van der Waals surface area (Å²) in [6.07, 6.45) is 4.47.